The Balaban J connectivity index is 1.68. The number of para-hydroxylation sites is 1. The molecule has 2 bridgehead atoms. The van der Waals surface area contributed by atoms with Gasteiger partial charge in [0.1, 0.15) is 17.1 Å². The molecule has 2 fully saturated rings. The molecule has 2 aromatic carbocycles. The topological polar surface area (TPSA) is 35.5 Å². The fraction of sp³-hybridized carbons (Fsp3) is 0.458. The van der Waals surface area contributed by atoms with Gasteiger partial charge in [-0.15, -0.1) is 0 Å². The van der Waals surface area contributed by atoms with Crippen molar-refractivity contribution in [3.05, 3.63) is 59.7 Å². The summed E-state index contributed by atoms with van der Waals surface area (Å²) in [5, 5.41) is 0. The summed E-state index contributed by atoms with van der Waals surface area (Å²) in [6.07, 6.45) is -0.744. The van der Waals surface area contributed by atoms with Crippen molar-refractivity contribution >= 4 is 5.97 Å². The highest BCUT2D eigenvalue weighted by Gasteiger charge is 2.55. The molecule has 0 amide bonds. The summed E-state index contributed by atoms with van der Waals surface area (Å²) in [5.74, 6) is 0.129. The van der Waals surface area contributed by atoms with Crippen LogP contribution < -0.4 is 9.47 Å². The van der Waals surface area contributed by atoms with Gasteiger partial charge in [-0.05, 0) is 73.8 Å². The molecule has 3 nitrogen and oxygen atoms in total. The molecule has 2 aromatic rings. The zero-order valence-corrected chi connectivity index (χ0v) is 17.0. The van der Waals surface area contributed by atoms with Crippen molar-refractivity contribution in [2.45, 2.75) is 51.3 Å². The SMILES string of the molecule is CC(C)C1(Oc2cc(C(=O)Oc3ccccc3)ccc2C(F)(F)F)CC2CCC1C2. The lowest BCUT2D eigenvalue weighted by molar-refractivity contribution is -0.141. The standard InChI is InChI=1S/C24H25F3O3/c1-15(2)23(14-16-8-10-18(23)12-16)30-21-13-17(9-11-20(21)24(25,26)27)22(28)29-19-6-4-3-5-7-19/h3-7,9,11,13,15-16,18H,8,10,12,14H2,1-2H3. The number of rotatable bonds is 5. The van der Waals surface area contributed by atoms with Crippen molar-refractivity contribution in [1.82, 2.24) is 0 Å². The molecule has 0 heterocycles. The minimum atomic E-state index is -4.58. The maximum absolute atomic E-state index is 13.7. The second kappa shape index (κ2) is 7.64. The second-order valence-electron chi connectivity index (χ2n) is 8.70. The number of esters is 1. The smallest absolute Gasteiger partial charge is 0.419 e. The molecule has 0 radical (unpaired) electrons. The van der Waals surface area contributed by atoms with E-state index in [1.807, 2.05) is 13.8 Å². The molecular formula is C24H25F3O3. The van der Waals surface area contributed by atoms with Gasteiger partial charge in [0, 0.05) is 0 Å². The average Bonchev–Trinajstić information content (AvgIpc) is 3.29. The van der Waals surface area contributed by atoms with E-state index in [1.54, 1.807) is 30.3 Å². The van der Waals surface area contributed by atoms with Gasteiger partial charge in [-0.2, -0.15) is 13.2 Å². The van der Waals surface area contributed by atoms with Gasteiger partial charge in [-0.1, -0.05) is 32.0 Å². The predicted octanol–water partition coefficient (Wildman–Crippen LogP) is 6.52. The Labute approximate surface area is 174 Å². The van der Waals surface area contributed by atoms with Gasteiger partial charge >= 0.3 is 12.1 Å². The van der Waals surface area contributed by atoms with E-state index in [4.69, 9.17) is 9.47 Å². The molecular weight excluding hydrogens is 393 g/mol. The van der Waals surface area contributed by atoms with Crippen LogP contribution in [0.4, 0.5) is 13.2 Å². The molecule has 0 N–H and O–H groups in total. The summed E-state index contributed by atoms with van der Waals surface area (Å²) in [6.45, 7) is 4.00. The van der Waals surface area contributed by atoms with Crippen LogP contribution in [-0.4, -0.2) is 11.6 Å². The average molecular weight is 418 g/mol. The molecule has 4 rings (SSSR count). The Morgan fingerprint density at radius 2 is 1.83 bits per heavy atom. The van der Waals surface area contributed by atoms with Crippen molar-refractivity contribution in [3.8, 4) is 11.5 Å². The van der Waals surface area contributed by atoms with E-state index in [2.05, 4.69) is 0 Å². The lowest BCUT2D eigenvalue weighted by atomic mass is 9.76. The first-order valence-corrected chi connectivity index (χ1v) is 10.4. The molecule has 3 atom stereocenters. The van der Waals surface area contributed by atoms with Crippen LogP contribution >= 0.6 is 0 Å². The Bertz CT molecular complexity index is 923. The fourth-order valence-corrected chi connectivity index (χ4v) is 5.10. The van der Waals surface area contributed by atoms with Crippen LogP contribution in [0.2, 0.25) is 0 Å². The highest BCUT2D eigenvalue weighted by atomic mass is 19.4. The van der Waals surface area contributed by atoms with Crippen LogP contribution in [0.3, 0.4) is 0 Å². The van der Waals surface area contributed by atoms with Crippen LogP contribution in [0.5, 0.6) is 11.5 Å². The van der Waals surface area contributed by atoms with E-state index >= 15 is 0 Å². The first-order chi connectivity index (χ1) is 14.2. The third kappa shape index (κ3) is 3.80. The zero-order valence-electron chi connectivity index (χ0n) is 17.0. The molecule has 2 saturated carbocycles. The number of carbonyl (C=O) groups excluding carboxylic acids is 1. The molecule has 3 unspecified atom stereocenters. The molecule has 2 aliphatic carbocycles. The second-order valence-corrected chi connectivity index (χ2v) is 8.70. The lowest BCUT2D eigenvalue weighted by Gasteiger charge is -2.42. The largest absolute Gasteiger partial charge is 0.486 e. The molecule has 0 aliphatic heterocycles. The van der Waals surface area contributed by atoms with Crippen LogP contribution in [0.1, 0.15) is 55.5 Å². The highest BCUT2D eigenvalue weighted by Crippen LogP contribution is 2.56. The quantitative estimate of drug-likeness (QED) is 0.410. The highest BCUT2D eigenvalue weighted by molar-refractivity contribution is 5.91. The van der Waals surface area contributed by atoms with E-state index in [0.29, 0.717) is 11.7 Å². The number of alkyl halides is 3. The molecule has 6 heteroatoms. The van der Waals surface area contributed by atoms with Gasteiger partial charge in [-0.25, -0.2) is 4.79 Å². The molecule has 0 aromatic heterocycles. The van der Waals surface area contributed by atoms with E-state index < -0.39 is 23.3 Å². The van der Waals surface area contributed by atoms with Crippen LogP contribution in [-0.2, 0) is 6.18 Å². The van der Waals surface area contributed by atoms with Gasteiger partial charge in [0.25, 0.3) is 0 Å². The van der Waals surface area contributed by atoms with Crippen LogP contribution in [0.25, 0.3) is 0 Å². The van der Waals surface area contributed by atoms with E-state index in [1.165, 1.54) is 6.07 Å². The Morgan fingerprint density at radius 1 is 1.10 bits per heavy atom. The number of halogens is 3. The summed E-state index contributed by atoms with van der Waals surface area (Å²) in [5.41, 5.74) is -1.46. The van der Waals surface area contributed by atoms with Crippen LogP contribution in [0, 0.1) is 17.8 Å². The summed E-state index contributed by atoms with van der Waals surface area (Å²) >= 11 is 0. The Morgan fingerprint density at radius 3 is 2.40 bits per heavy atom. The van der Waals surface area contributed by atoms with Crippen molar-refractivity contribution in [2.24, 2.45) is 17.8 Å². The van der Waals surface area contributed by atoms with Crippen LogP contribution in [0.15, 0.2) is 48.5 Å². The molecule has 30 heavy (non-hydrogen) atoms. The number of hydrogen-bond donors (Lipinski definition) is 0. The first-order valence-electron chi connectivity index (χ1n) is 10.4. The third-order valence-corrected chi connectivity index (χ3v) is 6.59. The van der Waals surface area contributed by atoms with Crippen molar-refractivity contribution < 1.29 is 27.4 Å². The number of fused-ring (bicyclic) bond motifs is 2. The number of benzene rings is 2. The number of ether oxygens (including phenoxy) is 2. The van der Waals surface area contributed by atoms with Gasteiger partial charge in [-0.3, -0.25) is 0 Å². The Hall–Kier alpha value is -2.50. The van der Waals surface area contributed by atoms with E-state index in [-0.39, 0.29) is 23.1 Å². The number of carbonyl (C=O) groups is 1. The summed E-state index contributed by atoms with van der Waals surface area (Å²) in [7, 11) is 0. The Kier molecular flexibility index (Phi) is 5.28. The predicted molar refractivity (Wildman–Crippen MR) is 106 cm³/mol. The van der Waals surface area contributed by atoms with Gasteiger partial charge < -0.3 is 9.47 Å². The van der Waals surface area contributed by atoms with Crippen molar-refractivity contribution in [1.29, 1.82) is 0 Å². The molecule has 0 saturated heterocycles. The minimum Gasteiger partial charge on any atom is -0.486 e. The van der Waals surface area contributed by atoms with E-state index in [9.17, 15) is 18.0 Å². The maximum atomic E-state index is 13.7. The van der Waals surface area contributed by atoms with Crippen molar-refractivity contribution in [2.75, 3.05) is 0 Å². The zero-order chi connectivity index (χ0) is 21.5. The lowest BCUT2D eigenvalue weighted by Crippen LogP contribution is -2.46. The van der Waals surface area contributed by atoms with Gasteiger partial charge in [0.05, 0.1) is 11.1 Å². The van der Waals surface area contributed by atoms with Gasteiger partial charge in [0.2, 0.25) is 0 Å². The normalized spacial score (nSPS) is 25.5. The van der Waals surface area contributed by atoms with E-state index in [0.717, 1.165) is 37.8 Å². The molecule has 2 aliphatic rings. The first kappa shape index (κ1) is 20.8. The monoisotopic (exact) mass is 418 g/mol. The number of hydrogen-bond acceptors (Lipinski definition) is 3. The summed E-state index contributed by atoms with van der Waals surface area (Å²) in [6, 6.07) is 11.7. The minimum absolute atomic E-state index is 0.0314. The fourth-order valence-electron chi connectivity index (χ4n) is 5.10. The summed E-state index contributed by atoms with van der Waals surface area (Å²) < 4.78 is 52.7. The third-order valence-electron chi connectivity index (χ3n) is 6.59. The molecule has 160 valence electrons. The van der Waals surface area contributed by atoms with Gasteiger partial charge in [0.15, 0.2) is 0 Å². The molecule has 0 spiro atoms. The van der Waals surface area contributed by atoms with Crippen molar-refractivity contribution in [3.63, 3.8) is 0 Å². The maximum Gasteiger partial charge on any atom is 0.419 e. The summed E-state index contributed by atoms with van der Waals surface area (Å²) in [4.78, 5) is 12.5.